The molecule has 1 aromatic rings. The third-order valence-corrected chi connectivity index (χ3v) is 2.49. The Kier molecular flexibility index (Phi) is 3.95. The van der Waals surface area contributed by atoms with Crippen molar-refractivity contribution < 1.29 is 0 Å². The summed E-state index contributed by atoms with van der Waals surface area (Å²) in [5.41, 5.74) is 0. The van der Waals surface area contributed by atoms with Gasteiger partial charge in [-0.05, 0) is 27.9 Å². The molecular formula is C10H20N4. The van der Waals surface area contributed by atoms with Crippen molar-refractivity contribution >= 4 is 5.95 Å². The highest BCUT2D eigenvalue weighted by atomic mass is 15.2. The topological polar surface area (TPSA) is 33.1 Å². The number of rotatable bonds is 5. The number of nitrogens with zero attached hydrogens (tertiary/aromatic N) is 3. The molecule has 0 spiro atoms. The van der Waals surface area contributed by atoms with E-state index < -0.39 is 0 Å². The summed E-state index contributed by atoms with van der Waals surface area (Å²) in [6.07, 6.45) is 3.81. The van der Waals surface area contributed by atoms with Crippen LogP contribution in [0.2, 0.25) is 0 Å². The molecule has 0 fully saturated rings. The van der Waals surface area contributed by atoms with Gasteiger partial charge in [0.15, 0.2) is 0 Å². The van der Waals surface area contributed by atoms with E-state index in [0.717, 1.165) is 19.0 Å². The maximum absolute atomic E-state index is 4.25. The molecular weight excluding hydrogens is 176 g/mol. The van der Waals surface area contributed by atoms with E-state index in [1.54, 1.807) is 0 Å². The summed E-state index contributed by atoms with van der Waals surface area (Å²) in [4.78, 5) is 6.44. The summed E-state index contributed by atoms with van der Waals surface area (Å²) >= 11 is 0. The van der Waals surface area contributed by atoms with Crippen molar-refractivity contribution in [2.75, 3.05) is 26.0 Å². The average Bonchev–Trinajstić information content (AvgIpc) is 2.60. The minimum atomic E-state index is 0.511. The van der Waals surface area contributed by atoms with Crippen LogP contribution in [0, 0.1) is 0 Å². The number of nitrogens with one attached hydrogen (secondary N) is 1. The van der Waals surface area contributed by atoms with Crippen LogP contribution in [0.1, 0.15) is 13.8 Å². The highest BCUT2D eigenvalue weighted by Crippen LogP contribution is 2.04. The molecule has 0 bridgehead atoms. The van der Waals surface area contributed by atoms with Gasteiger partial charge in [-0.25, -0.2) is 4.98 Å². The molecule has 1 atom stereocenters. The van der Waals surface area contributed by atoms with E-state index in [0.29, 0.717) is 6.04 Å². The summed E-state index contributed by atoms with van der Waals surface area (Å²) in [7, 11) is 4.16. The number of aryl methyl sites for hydroxylation is 1. The third kappa shape index (κ3) is 2.73. The van der Waals surface area contributed by atoms with Gasteiger partial charge in [-0.3, -0.25) is 0 Å². The van der Waals surface area contributed by atoms with Gasteiger partial charge in [0.25, 0.3) is 0 Å². The van der Waals surface area contributed by atoms with Crippen LogP contribution in [-0.2, 0) is 6.54 Å². The fourth-order valence-electron chi connectivity index (χ4n) is 1.15. The first kappa shape index (κ1) is 11.0. The second-order valence-electron chi connectivity index (χ2n) is 3.73. The lowest BCUT2D eigenvalue weighted by atomic mass is 10.3. The molecule has 0 saturated carbocycles. The van der Waals surface area contributed by atoms with Gasteiger partial charge in [0, 0.05) is 31.5 Å². The second kappa shape index (κ2) is 5.00. The van der Waals surface area contributed by atoms with Gasteiger partial charge >= 0.3 is 0 Å². The van der Waals surface area contributed by atoms with Gasteiger partial charge in [-0.2, -0.15) is 0 Å². The molecule has 0 aliphatic rings. The Hall–Kier alpha value is -1.03. The van der Waals surface area contributed by atoms with E-state index >= 15 is 0 Å². The lowest BCUT2D eigenvalue weighted by Gasteiger charge is -2.20. The zero-order valence-corrected chi connectivity index (χ0v) is 9.49. The van der Waals surface area contributed by atoms with Crippen LogP contribution in [0.4, 0.5) is 5.95 Å². The number of imidazole rings is 1. The first-order valence-electron chi connectivity index (χ1n) is 5.06. The van der Waals surface area contributed by atoms with Crippen LogP contribution in [0.25, 0.3) is 0 Å². The first-order valence-corrected chi connectivity index (χ1v) is 5.06. The van der Waals surface area contributed by atoms with E-state index in [9.17, 15) is 0 Å². The van der Waals surface area contributed by atoms with Crippen molar-refractivity contribution in [2.24, 2.45) is 0 Å². The Morgan fingerprint density at radius 2 is 2.29 bits per heavy atom. The molecule has 1 heterocycles. The lowest BCUT2D eigenvalue weighted by molar-refractivity contribution is 0.325. The quantitative estimate of drug-likeness (QED) is 0.769. The molecule has 14 heavy (non-hydrogen) atoms. The minimum absolute atomic E-state index is 0.511. The Balaban J connectivity index is 2.45. The number of hydrogen-bond donors (Lipinski definition) is 1. The molecule has 0 amide bonds. The van der Waals surface area contributed by atoms with Crippen molar-refractivity contribution in [3.63, 3.8) is 0 Å². The SMILES string of the molecule is CCn1ccnc1NCC(C)N(C)C. The average molecular weight is 196 g/mol. The van der Waals surface area contributed by atoms with Gasteiger partial charge in [-0.1, -0.05) is 0 Å². The van der Waals surface area contributed by atoms with E-state index in [2.05, 4.69) is 47.7 Å². The molecule has 4 heteroatoms. The molecule has 80 valence electrons. The highest BCUT2D eigenvalue weighted by Gasteiger charge is 2.05. The van der Waals surface area contributed by atoms with Crippen LogP contribution in [0.15, 0.2) is 12.4 Å². The van der Waals surface area contributed by atoms with Crippen molar-refractivity contribution in [2.45, 2.75) is 26.4 Å². The Labute approximate surface area is 85.9 Å². The van der Waals surface area contributed by atoms with Gasteiger partial charge in [0.2, 0.25) is 5.95 Å². The zero-order valence-electron chi connectivity index (χ0n) is 9.49. The summed E-state index contributed by atoms with van der Waals surface area (Å²) < 4.78 is 2.10. The van der Waals surface area contributed by atoms with Crippen LogP contribution in [0.5, 0.6) is 0 Å². The Morgan fingerprint density at radius 1 is 1.57 bits per heavy atom. The minimum Gasteiger partial charge on any atom is -0.354 e. The van der Waals surface area contributed by atoms with Gasteiger partial charge in [0.05, 0.1) is 0 Å². The molecule has 1 rings (SSSR count). The predicted molar refractivity (Wildman–Crippen MR) is 59.5 cm³/mol. The maximum Gasteiger partial charge on any atom is 0.202 e. The predicted octanol–water partition coefficient (Wildman–Crippen LogP) is 1.26. The van der Waals surface area contributed by atoms with Crippen LogP contribution >= 0.6 is 0 Å². The van der Waals surface area contributed by atoms with Crippen molar-refractivity contribution in [3.8, 4) is 0 Å². The first-order chi connectivity index (χ1) is 6.65. The molecule has 0 saturated heterocycles. The molecule has 1 aromatic heterocycles. The van der Waals surface area contributed by atoms with Crippen LogP contribution in [0.3, 0.4) is 0 Å². The summed E-state index contributed by atoms with van der Waals surface area (Å²) in [6, 6.07) is 0.511. The molecule has 1 N–H and O–H groups in total. The normalized spacial score (nSPS) is 13.2. The molecule has 0 aliphatic heterocycles. The zero-order chi connectivity index (χ0) is 10.6. The van der Waals surface area contributed by atoms with Gasteiger partial charge < -0.3 is 14.8 Å². The van der Waals surface area contributed by atoms with Gasteiger partial charge in [0.1, 0.15) is 0 Å². The number of hydrogen-bond acceptors (Lipinski definition) is 3. The summed E-state index contributed by atoms with van der Waals surface area (Å²) in [5, 5.41) is 3.34. The molecule has 1 unspecified atom stereocenters. The van der Waals surface area contributed by atoms with E-state index in [4.69, 9.17) is 0 Å². The summed E-state index contributed by atoms with van der Waals surface area (Å²) in [5.74, 6) is 0.959. The largest absolute Gasteiger partial charge is 0.354 e. The van der Waals surface area contributed by atoms with E-state index in [1.165, 1.54) is 0 Å². The standard InChI is InChI=1S/C10H20N4/c1-5-14-7-6-11-10(14)12-8-9(2)13(3)4/h6-7,9H,5,8H2,1-4H3,(H,11,12). The van der Waals surface area contributed by atoms with Crippen molar-refractivity contribution in [3.05, 3.63) is 12.4 Å². The Bertz CT molecular complexity index is 267. The van der Waals surface area contributed by atoms with E-state index in [-0.39, 0.29) is 0 Å². The van der Waals surface area contributed by atoms with Crippen LogP contribution in [-0.4, -0.2) is 41.1 Å². The molecule has 0 aliphatic carbocycles. The van der Waals surface area contributed by atoms with E-state index in [1.807, 2.05) is 12.4 Å². The van der Waals surface area contributed by atoms with Crippen LogP contribution < -0.4 is 5.32 Å². The number of aromatic nitrogens is 2. The molecule has 4 nitrogen and oxygen atoms in total. The Morgan fingerprint density at radius 3 is 2.86 bits per heavy atom. The fraction of sp³-hybridized carbons (Fsp3) is 0.700. The number of likely N-dealkylation sites (N-methyl/N-ethyl adjacent to an activating group) is 1. The summed E-state index contributed by atoms with van der Waals surface area (Å²) in [6.45, 7) is 6.18. The monoisotopic (exact) mass is 196 g/mol. The smallest absolute Gasteiger partial charge is 0.202 e. The molecule has 0 radical (unpaired) electrons. The fourth-order valence-corrected chi connectivity index (χ4v) is 1.15. The second-order valence-corrected chi connectivity index (χ2v) is 3.73. The van der Waals surface area contributed by atoms with Crippen molar-refractivity contribution in [1.82, 2.24) is 14.5 Å². The maximum atomic E-state index is 4.25. The van der Waals surface area contributed by atoms with Crippen molar-refractivity contribution in [1.29, 1.82) is 0 Å². The third-order valence-electron chi connectivity index (χ3n) is 2.49. The van der Waals surface area contributed by atoms with Gasteiger partial charge in [-0.15, -0.1) is 0 Å². The number of anilines is 1. The highest BCUT2D eigenvalue weighted by molar-refractivity contribution is 5.25. The lowest BCUT2D eigenvalue weighted by Crippen LogP contribution is -2.32. The molecule has 0 aromatic carbocycles.